The molecule has 2 N–H and O–H groups in total. The summed E-state index contributed by atoms with van der Waals surface area (Å²) in [6.45, 7) is 2.04. The summed E-state index contributed by atoms with van der Waals surface area (Å²) in [7, 11) is 3.13. The molecule has 1 heterocycles. The number of benzene rings is 1. The van der Waals surface area contributed by atoms with E-state index in [0.717, 1.165) is 5.56 Å². The molecule has 0 aliphatic carbocycles. The number of amides is 3. The molecule has 130 valence electrons. The highest BCUT2D eigenvalue weighted by Crippen LogP contribution is 2.20. The number of hydrogen-bond acceptors (Lipinski definition) is 4. The average Bonchev–Trinajstić information content (AvgIpc) is 2.97. The fourth-order valence-electron chi connectivity index (χ4n) is 2.93. The van der Waals surface area contributed by atoms with Crippen LogP contribution in [0, 0.1) is 5.92 Å². The number of nitrogens with zero attached hydrogens (tertiary/aromatic N) is 1. The smallest absolute Gasteiger partial charge is 0.227 e. The van der Waals surface area contributed by atoms with E-state index in [1.54, 1.807) is 19.1 Å². The largest absolute Gasteiger partial charge is 0.497 e. The van der Waals surface area contributed by atoms with Crippen LogP contribution < -0.4 is 15.4 Å². The molecule has 3 amide bonds. The Labute approximate surface area is 141 Å². The first-order chi connectivity index (χ1) is 11.4. The Morgan fingerprint density at radius 1 is 1.29 bits per heavy atom. The van der Waals surface area contributed by atoms with Crippen molar-refractivity contribution in [3.63, 3.8) is 0 Å². The van der Waals surface area contributed by atoms with Gasteiger partial charge in [0, 0.05) is 27.1 Å². The van der Waals surface area contributed by atoms with Gasteiger partial charge in [-0.3, -0.25) is 14.4 Å². The zero-order chi connectivity index (χ0) is 17.7. The summed E-state index contributed by atoms with van der Waals surface area (Å²) < 4.78 is 5.16. The molecule has 7 nitrogen and oxygen atoms in total. The van der Waals surface area contributed by atoms with E-state index in [1.165, 1.54) is 6.92 Å². The summed E-state index contributed by atoms with van der Waals surface area (Å²) >= 11 is 0. The molecule has 1 aromatic carbocycles. The van der Waals surface area contributed by atoms with E-state index >= 15 is 0 Å². The first kappa shape index (κ1) is 17.8. The van der Waals surface area contributed by atoms with E-state index in [1.807, 2.05) is 24.3 Å². The molecule has 7 heteroatoms. The number of methoxy groups -OCH3 is 1. The second-order valence-corrected chi connectivity index (χ2v) is 5.85. The Balaban J connectivity index is 2.06. The average molecular weight is 333 g/mol. The van der Waals surface area contributed by atoms with Gasteiger partial charge >= 0.3 is 0 Å². The quantitative estimate of drug-likeness (QED) is 0.791. The standard InChI is InChI=1S/C17H23N3O4/c1-11(21)19-15-10-20(9-14(15)17(23)18-2)16(22)8-12-5-4-6-13(7-12)24-3/h4-7,14-15H,8-10H2,1-3H3,(H,18,23)(H,19,21)/t14-,15-/m0/s1. The minimum atomic E-state index is -0.437. The summed E-state index contributed by atoms with van der Waals surface area (Å²) in [6.07, 6.45) is 0.227. The molecule has 0 aromatic heterocycles. The number of carbonyl (C=O) groups excluding carboxylic acids is 3. The normalized spacial score (nSPS) is 19.7. The molecule has 1 fully saturated rings. The Bertz CT molecular complexity index is 632. The number of likely N-dealkylation sites (tertiary alicyclic amines) is 1. The minimum Gasteiger partial charge on any atom is -0.497 e. The third-order valence-corrected chi connectivity index (χ3v) is 4.13. The molecular weight excluding hydrogens is 310 g/mol. The summed E-state index contributed by atoms with van der Waals surface area (Å²) in [5.41, 5.74) is 0.846. The zero-order valence-corrected chi connectivity index (χ0v) is 14.2. The Morgan fingerprint density at radius 2 is 2.04 bits per heavy atom. The van der Waals surface area contributed by atoms with Crippen molar-refractivity contribution in [1.29, 1.82) is 0 Å². The van der Waals surface area contributed by atoms with E-state index in [2.05, 4.69) is 10.6 Å². The van der Waals surface area contributed by atoms with Gasteiger partial charge in [-0.25, -0.2) is 0 Å². The van der Waals surface area contributed by atoms with Crippen molar-refractivity contribution in [2.75, 3.05) is 27.2 Å². The topological polar surface area (TPSA) is 87.7 Å². The van der Waals surface area contributed by atoms with Gasteiger partial charge in [-0.05, 0) is 17.7 Å². The highest BCUT2D eigenvalue weighted by molar-refractivity contribution is 5.85. The molecule has 1 aliphatic heterocycles. The van der Waals surface area contributed by atoms with Gasteiger partial charge in [-0.15, -0.1) is 0 Å². The molecule has 0 bridgehead atoms. The molecule has 1 aromatic rings. The third kappa shape index (κ3) is 4.24. The first-order valence-electron chi connectivity index (χ1n) is 7.84. The Kier molecular flexibility index (Phi) is 5.78. The number of nitrogens with one attached hydrogen (secondary N) is 2. The second-order valence-electron chi connectivity index (χ2n) is 5.85. The van der Waals surface area contributed by atoms with Crippen molar-refractivity contribution in [2.24, 2.45) is 5.92 Å². The van der Waals surface area contributed by atoms with Crippen molar-refractivity contribution in [1.82, 2.24) is 15.5 Å². The van der Waals surface area contributed by atoms with Crippen molar-refractivity contribution >= 4 is 17.7 Å². The molecule has 0 spiro atoms. The molecule has 1 saturated heterocycles. The molecule has 0 radical (unpaired) electrons. The fourth-order valence-corrected chi connectivity index (χ4v) is 2.93. The Morgan fingerprint density at radius 3 is 2.67 bits per heavy atom. The van der Waals surface area contributed by atoms with Crippen LogP contribution in [0.5, 0.6) is 5.75 Å². The van der Waals surface area contributed by atoms with Crippen LogP contribution in [0.4, 0.5) is 0 Å². The van der Waals surface area contributed by atoms with E-state index in [-0.39, 0.29) is 30.2 Å². The van der Waals surface area contributed by atoms with E-state index in [4.69, 9.17) is 4.74 Å². The lowest BCUT2D eigenvalue weighted by Gasteiger charge is -2.17. The van der Waals surface area contributed by atoms with E-state index < -0.39 is 5.92 Å². The van der Waals surface area contributed by atoms with Crippen LogP contribution in [0.25, 0.3) is 0 Å². The summed E-state index contributed by atoms with van der Waals surface area (Å²) in [5, 5.41) is 5.35. The van der Waals surface area contributed by atoms with Crippen molar-refractivity contribution < 1.29 is 19.1 Å². The predicted octanol–water partition coefficient (Wildman–Crippen LogP) is -0.0532. The predicted molar refractivity (Wildman–Crippen MR) is 88.4 cm³/mol. The number of carbonyl (C=O) groups is 3. The SMILES string of the molecule is CNC(=O)[C@H]1CN(C(=O)Cc2cccc(OC)c2)C[C@@H]1NC(C)=O. The lowest BCUT2D eigenvalue weighted by molar-refractivity contribution is -0.130. The molecule has 2 atom stereocenters. The van der Waals surface area contributed by atoms with Gasteiger partial charge in [-0.1, -0.05) is 12.1 Å². The molecule has 0 unspecified atom stereocenters. The fraction of sp³-hybridized carbons (Fsp3) is 0.471. The van der Waals surface area contributed by atoms with Gasteiger partial charge in [-0.2, -0.15) is 0 Å². The number of hydrogen-bond donors (Lipinski definition) is 2. The lowest BCUT2D eigenvalue weighted by Crippen LogP contribution is -2.44. The van der Waals surface area contributed by atoms with Crippen molar-refractivity contribution in [3.8, 4) is 5.75 Å². The van der Waals surface area contributed by atoms with Crippen LogP contribution in [0.3, 0.4) is 0 Å². The first-order valence-corrected chi connectivity index (χ1v) is 7.84. The lowest BCUT2D eigenvalue weighted by atomic mass is 10.0. The van der Waals surface area contributed by atoms with Gasteiger partial charge < -0.3 is 20.3 Å². The minimum absolute atomic E-state index is 0.0787. The number of rotatable bonds is 5. The summed E-state index contributed by atoms with van der Waals surface area (Å²) in [6, 6.07) is 6.96. The number of ether oxygens (including phenoxy) is 1. The van der Waals surface area contributed by atoms with Crippen LogP contribution >= 0.6 is 0 Å². The van der Waals surface area contributed by atoms with Crippen molar-refractivity contribution in [2.45, 2.75) is 19.4 Å². The molecule has 0 saturated carbocycles. The highest BCUT2D eigenvalue weighted by atomic mass is 16.5. The molecular formula is C17H23N3O4. The van der Waals surface area contributed by atoms with Gasteiger partial charge in [0.15, 0.2) is 0 Å². The maximum absolute atomic E-state index is 12.5. The van der Waals surface area contributed by atoms with E-state index in [9.17, 15) is 14.4 Å². The monoisotopic (exact) mass is 333 g/mol. The van der Waals surface area contributed by atoms with Gasteiger partial charge in [0.2, 0.25) is 17.7 Å². The van der Waals surface area contributed by atoms with Gasteiger partial charge in [0.25, 0.3) is 0 Å². The third-order valence-electron chi connectivity index (χ3n) is 4.13. The highest BCUT2D eigenvalue weighted by Gasteiger charge is 2.39. The Hall–Kier alpha value is -2.57. The maximum Gasteiger partial charge on any atom is 0.227 e. The summed E-state index contributed by atoms with van der Waals surface area (Å²) in [4.78, 5) is 37.5. The van der Waals surface area contributed by atoms with Gasteiger partial charge in [0.05, 0.1) is 25.5 Å². The molecule has 2 rings (SSSR count). The maximum atomic E-state index is 12.5. The van der Waals surface area contributed by atoms with Crippen LogP contribution in [0.15, 0.2) is 24.3 Å². The van der Waals surface area contributed by atoms with E-state index in [0.29, 0.717) is 18.8 Å². The van der Waals surface area contributed by atoms with Crippen LogP contribution in [0.1, 0.15) is 12.5 Å². The van der Waals surface area contributed by atoms with Crippen LogP contribution in [-0.2, 0) is 20.8 Å². The van der Waals surface area contributed by atoms with Crippen LogP contribution in [-0.4, -0.2) is 55.9 Å². The molecule has 24 heavy (non-hydrogen) atoms. The van der Waals surface area contributed by atoms with Crippen molar-refractivity contribution in [3.05, 3.63) is 29.8 Å². The second kappa shape index (κ2) is 7.81. The molecule has 1 aliphatic rings. The zero-order valence-electron chi connectivity index (χ0n) is 14.2. The summed E-state index contributed by atoms with van der Waals surface area (Å²) in [5.74, 6) is -0.208. The van der Waals surface area contributed by atoms with Crippen LogP contribution in [0.2, 0.25) is 0 Å². The van der Waals surface area contributed by atoms with Gasteiger partial charge in [0.1, 0.15) is 5.75 Å².